The Kier molecular flexibility index (Phi) is 2.93. The minimum atomic E-state index is -0.161. The molecule has 0 saturated carbocycles. The number of amides is 1. The van der Waals surface area contributed by atoms with E-state index in [1.54, 1.807) is 29.4 Å². The first kappa shape index (κ1) is 13.0. The van der Waals surface area contributed by atoms with Crippen molar-refractivity contribution in [2.24, 2.45) is 0 Å². The number of carbonyl (C=O) groups excluding carboxylic acids is 1. The molecule has 2 aromatic rings. The third-order valence-corrected chi connectivity index (χ3v) is 3.98. The topological polar surface area (TPSA) is 70.0 Å². The Morgan fingerprint density at radius 3 is 3.09 bits per heavy atom. The van der Waals surface area contributed by atoms with Crippen molar-refractivity contribution in [3.63, 3.8) is 0 Å². The molecule has 2 aliphatic heterocycles. The van der Waals surface area contributed by atoms with E-state index < -0.39 is 0 Å². The summed E-state index contributed by atoms with van der Waals surface area (Å²) >= 11 is 0. The smallest absolute Gasteiger partial charge is 0.258 e. The van der Waals surface area contributed by atoms with Crippen molar-refractivity contribution in [1.29, 1.82) is 0 Å². The number of hydrogen-bond acceptors (Lipinski definition) is 5. The Bertz CT molecular complexity index is 828. The van der Waals surface area contributed by atoms with Gasteiger partial charge < -0.3 is 9.91 Å². The standard InChI is InChI=1S/C15H15N5O2/c21-14-9-11(17-13-3-1-2-6-19(13)14)10-18-7-8-20-12(15(18)22)4-5-16-20/h1-3,6-9,12,16H,4-5,10H2. The molecule has 0 bridgehead atoms. The second-order valence-corrected chi connectivity index (χ2v) is 5.40. The number of nitrogens with zero attached hydrogens (tertiary/aromatic N) is 4. The van der Waals surface area contributed by atoms with Gasteiger partial charge in [-0.15, -0.1) is 0 Å². The van der Waals surface area contributed by atoms with Gasteiger partial charge >= 0.3 is 0 Å². The molecule has 2 aliphatic rings. The van der Waals surface area contributed by atoms with Crippen molar-refractivity contribution in [2.45, 2.75) is 19.0 Å². The van der Waals surface area contributed by atoms with Gasteiger partial charge in [0.25, 0.3) is 11.5 Å². The summed E-state index contributed by atoms with van der Waals surface area (Å²) in [6, 6.07) is 6.72. The van der Waals surface area contributed by atoms with E-state index in [-0.39, 0.29) is 17.5 Å². The fourth-order valence-electron chi connectivity index (χ4n) is 2.89. The number of hydrogen-bond donors (Lipinski definition) is 1. The zero-order valence-corrected chi connectivity index (χ0v) is 11.8. The van der Waals surface area contributed by atoms with Crippen molar-refractivity contribution >= 4 is 11.6 Å². The van der Waals surface area contributed by atoms with Gasteiger partial charge in [-0.2, -0.15) is 0 Å². The molecule has 1 unspecified atom stereocenters. The number of aromatic nitrogens is 2. The highest BCUT2D eigenvalue weighted by molar-refractivity contribution is 5.84. The summed E-state index contributed by atoms with van der Waals surface area (Å²) in [5.41, 5.74) is 4.17. The third-order valence-electron chi connectivity index (χ3n) is 3.98. The van der Waals surface area contributed by atoms with Crippen LogP contribution in [0, 0.1) is 0 Å². The van der Waals surface area contributed by atoms with Gasteiger partial charge in [-0.3, -0.25) is 14.0 Å². The zero-order chi connectivity index (χ0) is 15.1. The molecule has 0 spiro atoms. The molecule has 1 N–H and O–H groups in total. The lowest BCUT2D eigenvalue weighted by Crippen LogP contribution is -2.47. The summed E-state index contributed by atoms with van der Waals surface area (Å²) in [6.45, 7) is 1.10. The minimum Gasteiger partial charge on any atom is -0.310 e. The van der Waals surface area contributed by atoms with Gasteiger partial charge in [-0.1, -0.05) is 6.07 Å². The molecule has 4 rings (SSSR count). The lowest BCUT2D eigenvalue weighted by molar-refractivity contribution is -0.135. The molecule has 1 amide bonds. The number of fused-ring (bicyclic) bond motifs is 2. The molecule has 4 heterocycles. The molecule has 2 aromatic heterocycles. The predicted molar refractivity (Wildman–Crippen MR) is 79.4 cm³/mol. The van der Waals surface area contributed by atoms with Crippen LogP contribution in [-0.2, 0) is 11.3 Å². The Morgan fingerprint density at radius 1 is 1.27 bits per heavy atom. The molecule has 22 heavy (non-hydrogen) atoms. The van der Waals surface area contributed by atoms with Crippen LogP contribution in [-0.4, -0.2) is 37.8 Å². The van der Waals surface area contributed by atoms with E-state index in [4.69, 9.17) is 0 Å². The molecule has 1 saturated heterocycles. The Labute approximate surface area is 126 Å². The maximum atomic E-state index is 12.4. The van der Waals surface area contributed by atoms with Gasteiger partial charge in [0.2, 0.25) is 0 Å². The van der Waals surface area contributed by atoms with E-state index in [2.05, 4.69) is 10.4 Å². The summed E-state index contributed by atoms with van der Waals surface area (Å²) < 4.78 is 1.49. The highest BCUT2D eigenvalue weighted by atomic mass is 16.2. The maximum Gasteiger partial charge on any atom is 0.258 e. The molecular weight excluding hydrogens is 282 g/mol. The second-order valence-electron chi connectivity index (χ2n) is 5.40. The van der Waals surface area contributed by atoms with E-state index in [1.165, 1.54) is 10.5 Å². The normalized spacial score (nSPS) is 20.7. The van der Waals surface area contributed by atoms with Crippen LogP contribution in [0.1, 0.15) is 12.1 Å². The highest BCUT2D eigenvalue weighted by Crippen LogP contribution is 2.19. The fourth-order valence-corrected chi connectivity index (χ4v) is 2.89. The predicted octanol–water partition coefficient (Wildman–Crippen LogP) is 0.0868. The van der Waals surface area contributed by atoms with Crippen LogP contribution in [0.5, 0.6) is 0 Å². The van der Waals surface area contributed by atoms with Crippen LogP contribution in [0.3, 0.4) is 0 Å². The number of pyridine rings is 1. The zero-order valence-electron chi connectivity index (χ0n) is 11.8. The molecule has 0 aliphatic carbocycles. The Hall–Kier alpha value is -2.67. The molecule has 1 atom stereocenters. The maximum absolute atomic E-state index is 12.4. The van der Waals surface area contributed by atoms with Crippen molar-refractivity contribution in [3.8, 4) is 0 Å². The quantitative estimate of drug-likeness (QED) is 0.850. The van der Waals surface area contributed by atoms with E-state index in [0.29, 0.717) is 17.9 Å². The first-order valence-corrected chi connectivity index (χ1v) is 7.20. The van der Waals surface area contributed by atoms with Crippen LogP contribution in [0.2, 0.25) is 0 Å². The highest BCUT2D eigenvalue weighted by Gasteiger charge is 2.34. The van der Waals surface area contributed by atoms with Crippen molar-refractivity contribution in [2.75, 3.05) is 6.54 Å². The van der Waals surface area contributed by atoms with Gasteiger partial charge in [0.1, 0.15) is 11.7 Å². The van der Waals surface area contributed by atoms with Gasteiger partial charge in [0, 0.05) is 31.2 Å². The summed E-state index contributed by atoms with van der Waals surface area (Å²) in [6.07, 6.45) is 6.05. The lowest BCUT2D eigenvalue weighted by atomic mass is 10.1. The van der Waals surface area contributed by atoms with Crippen molar-refractivity contribution < 1.29 is 4.79 Å². The van der Waals surface area contributed by atoms with E-state index in [0.717, 1.165) is 13.0 Å². The Morgan fingerprint density at radius 2 is 2.18 bits per heavy atom. The first-order valence-electron chi connectivity index (χ1n) is 7.20. The average Bonchev–Trinajstić information content (AvgIpc) is 3.00. The molecule has 1 fully saturated rings. The molecule has 7 heteroatoms. The van der Waals surface area contributed by atoms with Crippen molar-refractivity contribution in [1.82, 2.24) is 24.7 Å². The summed E-state index contributed by atoms with van der Waals surface area (Å²) in [4.78, 5) is 30.6. The van der Waals surface area contributed by atoms with Gasteiger partial charge in [-0.05, 0) is 18.6 Å². The number of rotatable bonds is 2. The first-order chi connectivity index (χ1) is 10.7. The number of carbonyl (C=O) groups is 1. The lowest BCUT2D eigenvalue weighted by Gasteiger charge is -2.31. The van der Waals surface area contributed by atoms with Crippen molar-refractivity contribution in [3.05, 3.63) is 58.9 Å². The molecule has 0 radical (unpaired) electrons. The number of nitrogens with one attached hydrogen (secondary N) is 1. The largest absolute Gasteiger partial charge is 0.310 e. The van der Waals surface area contributed by atoms with Crippen LogP contribution in [0.4, 0.5) is 0 Å². The van der Waals surface area contributed by atoms with Gasteiger partial charge in [-0.25, -0.2) is 10.4 Å². The second kappa shape index (κ2) is 4.96. The summed E-state index contributed by atoms with van der Waals surface area (Å²) in [5.74, 6) is 0.0301. The SMILES string of the molecule is O=C1C2CCNN2C=CN1Cc1cc(=O)n2ccccc2n1. The molecule has 7 nitrogen and oxygen atoms in total. The minimum absolute atomic E-state index is 0.0301. The van der Waals surface area contributed by atoms with Crippen LogP contribution >= 0.6 is 0 Å². The average molecular weight is 297 g/mol. The summed E-state index contributed by atoms with van der Waals surface area (Å²) in [5, 5.41) is 1.83. The Balaban J connectivity index is 1.65. The van der Waals surface area contributed by atoms with E-state index in [9.17, 15) is 9.59 Å². The molecule has 0 aromatic carbocycles. The summed E-state index contributed by atoms with van der Waals surface area (Å²) in [7, 11) is 0. The monoisotopic (exact) mass is 297 g/mol. The van der Waals surface area contributed by atoms with Crippen LogP contribution in [0.25, 0.3) is 5.65 Å². The number of hydrazine groups is 1. The van der Waals surface area contributed by atoms with E-state index >= 15 is 0 Å². The third kappa shape index (κ3) is 2.06. The molecule has 112 valence electrons. The van der Waals surface area contributed by atoms with Crippen LogP contribution in [0.15, 0.2) is 47.7 Å². The van der Waals surface area contributed by atoms with Gasteiger partial charge in [0.15, 0.2) is 0 Å². The fraction of sp³-hybridized carbons (Fsp3) is 0.267. The molecular formula is C15H15N5O2. The van der Waals surface area contributed by atoms with E-state index in [1.807, 2.05) is 17.3 Å². The van der Waals surface area contributed by atoms with Gasteiger partial charge in [0.05, 0.1) is 12.2 Å². The van der Waals surface area contributed by atoms with Crippen LogP contribution < -0.4 is 11.0 Å².